The quantitative estimate of drug-likeness (QED) is 0.288. The first-order chi connectivity index (χ1) is 15.0. The van der Waals surface area contributed by atoms with E-state index < -0.39 is 17.7 Å². The highest BCUT2D eigenvalue weighted by atomic mass is 16.5. The number of hydrogen-bond donors (Lipinski definition) is 1. The fraction of sp³-hybridized carbons (Fsp3) is 0.250. The molecule has 3 rings (SSSR count). The lowest BCUT2D eigenvalue weighted by molar-refractivity contribution is -0.140. The molecular formula is C24H25NO6. The van der Waals surface area contributed by atoms with E-state index in [2.05, 4.69) is 6.58 Å². The molecule has 0 bridgehead atoms. The van der Waals surface area contributed by atoms with Gasteiger partial charge in [0.15, 0.2) is 0 Å². The van der Waals surface area contributed by atoms with E-state index in [1.165, 1.54) is 12.0 Å². The van der Waals surface area contributed by atoms with Crippen molar-refractivity contribution in [3.63, 3.8) is 0 Å². The van der Waals surface area contributed by atoms with Crippen molar-refractivity contribution < 1.29 is 28.9 Å². The minimum Gasteiger partial charge on any atom is -0.507 e. The number of hydrogen-bond acceptors (Lipinski definition) is 6. The Bertz CT molecular complexity index is 978. The fourth-order valence-corrected chi connectivity index (χ4v) is 3.45. The lowest BCUT2D eigenvalue weighted by Gasteiger charge is -2.25. The van der Waals surface area contributed by atoms with E-state index >= 15 is 0 Å². The second-order valence-corrected chi connectivity index (χ2v) is 6.88. The smallest absolute Gasteiger partial charge is 0.295 e. The Balaban J connectivity index is 2.05. The molecule has 1 aliphatic heterocycles. The Kier molecular flexibility index (Phi) is 7.10. The van der Waals surface area contributed by atoms with Gasteiger partial charge in [0, 0.05) is 19.2 Å². The van der Waals surface area contributed by atoms with E-state index in [0.29, 0.717) is 29.2 Å². The Morgan fingerprint density at radius 1 is 1.06 bits per heavy atom. The molecule has 7 nitrogen and oxygen atoms in total. The predicted octanol–water partition coefficient (Wildman–Crippen LogP) is 3.33. The number of rotatable bonds is 9. The maximum absolute atomic E-state index is 12.9. The largest absolute Gasteiger partial charge is 0.507 e. The van der Waals surface area contributed by atoms with Crippen LogP contribution in [0.15, 0.2) is 66.8 Å². The second-order valence-electron chi connectivity index (χ2n) is 6.88. The third-order valence-electron chi connectivity index (χ3n) is 5.00. The number of aliphatic hydroxyl groups is 1. The Labute approximate surface area is 181 Å². The number of carbonyl (C=O) groups excluding carboxylic acids is 2. The molecule has 1 atom stereocenters. The van der Waals surface area contributed by atoms with Crippen LogP contribution in [0.4, 0.5) is 0 Å². The van der Waals surface area contributed by atoms with Crippen molar-refractivity contribution in [1.82, 2.24) is 4.90 Å². The third-order valence-corrected chi connectivity index (χ3v) is 5.00. The number of amides is 1. The summed E-state index contributed by atoms with van der Waals surface area (Å²) in [5.41, 5.74) is 1.13. The summed E-state index contributed by atoms with van der Waals surface area (Å²) in [5, 5.41) is 11.0. The van der Waals surface area contributed by atoms with Gasteiger partial charge in [-0.05, 0) is 42.0 Å². The van der Waals surface area contributed by atoms with E-state index in [0.717, 1.165) is 0 Å². The molecule has 1 N–H and O–H groups in total. The van der Waals surface area contributed by atoms with E-state index in [4.69, 9.17) is 14.2 Å². The molecule has 1 fully saturated rings. The van der Waals surface area contributed by atoms with E-state index in [-0.39, 0.29) is 24.5 Å². The maximum Gasteiger partial charge on any atom is 0.295 e. The third kappa shape index (κ3) is 4.62. The van der Waals surface area contributed by atoms with Crippen molar-refractivity contribution in [3.8, 4) is 11.5 Å². The summed E-state index contributed by atoms with van der Waals surface area (Å²) in [6, 6.07) is 12.9. The zero-order valence-electron chi connectivity index (χ0n) is 17.5. The van der Waals surface area contributed by atoms with Gasteiger partial charge in [-0.25, -0.2) is 0 Å². The van der Waals surface area contributed by atoms with Gasteiger partial charge in [-0.2, -0.15) is 0 Å². The van der Waals surface area contributed by atoms with Crippen molar-refractivity contribution in [1.29, 1.82) is 0 Å². The van der Waals surface area contributed by atoms with Crippen LogP contribution in [0.1, 0.15) is 17.2 Å². The van der Waals surface area contributed by atoms with Gasteiger partial charge in [0.2, 0.25) is 0 Å². The summed E-state index contributed by atoms with van der Waals surface area (Å²) in [6.07, 6.45) is 1.63. The van der Waals surface area contributed by atoms with Crippen LogP contribution < -0.4 is 9.47 Å². The van der Waals surface area contributed by atoms with Crippen molar-refractivity contribution in [2.45, 2.75) is 6.04 Å². The molecule has 0 radical (unpaired) electrons. The van der Waals surface area contributed by atoms with Gasteiger partial charge in [0.25, 0.3) is 11.7 Å². The maximum atomic E-state index is 12.9. The first kappa shape index (κ1) is 22.1. The minimum atomic E-state index is -0.738. The molecule has 2 aromatic carbocycles. The van der Waals surface area contributed by atoms with Crippen LogP contribution in [0.3, 0.4) is 0 Å². The first-order valence-electron chi connectivity index (χ1n) is 9.77. The molecule has 0 spiro atoms. The first-order valence-corrected chi connectivity index (χ1v) is 9.77. The molecule has 162 valence electrons. The number of ketones is 1. The van der Waals surface area contributed by atoms with Gasteiger partial charge in [0.1, 0.15) is 23.9 Å². The summed E-state index contributed by atoms with van der Waals surface area (Å²) in [4.78, 5) is 27.1. The van der Waals surface area contributed by atoms with Gasteiger partial charge in [-0.15, -0.1) is 0 Å². The highest BCUT2D eigenvalue weighted by Crippen LogP contribution is 2.39. The number of carbonyl (C=O) groups is 2. The van der Waals surface area contributed by atoms with Gasteiger partial charge < -0.3 is 24.2 Å². The summed E-state index contributed by atoms with van der Waals surface area (Å²) in [6.45, 7) is 4.43. The molecular weight excluding hydrogens is 398 g/mol. The lowest BCUT2D eigenvalue weighted by atomic mass is 9.95. The average Bonchev–Trinajstić information content (AvgIpc) is 3.06. The van der Waals surface area contributed by atoms with Crippen molar-refractivity contribution in [3.05, 3.63) is 77.9 Å². The Morgan fingerprint density at radius 2 is 1.71 bits per heavy atom. The molecule has 2 aromatic rings. The van der Waals surface area contributed by atoms with Crippen LogP contribution in [0.2, 0.25) is 0 Å². The van der Waals surface area contributed by atoms with Crippen LogP contribution in [-0.2, 0) is 14.3 Å². The van der Waals surface area contributed by atoms with Crippen LogP contribution in [-0.4, -0.2) is 55.7 Å². The Hall–Kier alpha value is -3.58. The van der Waals surface area contributed by atoms with Crippen LogP contribution in [0.25, 0.3) is 5.76 Å². The summed E-state index contributed by atoms with van der Waals surface area (Å²) in [7, 11) is 3.08. The summed E-state index contributed by atoms with van der Waals surface area (Å²) >= 11 is 0. The topological polar surface area (TPSA) is 85.3 Å². The molecule has 1 unspecified atom stereocenters. The van der Waals surface area contributed by atoms with E-state index in [1.54, 1.807) is 61.7 Å². The highest BCUT2D eigenvalue weighted by Gasteiger charge is 2.45. The average molecular weight is 423 g/mol. The normalized spacial score (nSPS) is 17.6. The van der Waals surface area contributed by atoms with Crippen LogP contribution in [0.5, 0.6) is 11.5 Å². The molecule has 1 amide bonds. The fourth-order valence-electron chi connectivity index (χ4n) is 3.45. The van der Waals surface area contributed by atoms with Gasteiger partial charge in [-0.3, -0.25) is 9.59 Å². The number of Topliss-reactive ketones (excluding diaryl/α,β-unsaturated/α-hetero) is 1. The number of likely N-dealkylation sites (tertiary alicyclic amines) is 1. The van der Waals surface area contributed by atoms with Gasteiger partial charge >= 0.3 is 0 Å². The number of ether oxygens (including phenoxy) is 3. The van der Waals surface area contributed by atoms with Gasteiger partial charge in [0.05, 0.1) is 25.3 Å². The van der Waals surface area contributed by atoms with E-state index in [9.17, 15) is 14.7 Å². The molecule has 7 heteroatoms. The summed E-state index contributed by atoms with van der Waals surface area (Å²) in [5.74, 6) is -0.405. The van der Waals surface area contributed by atoms with Crippen molar-refractivity contribution >= 4 is 17.4 Å². The monoisotopic (exact) mass is 423 g/mol. The zero-order valence-corrected chi connectivity index (χ0v) is 17.5. The predicted molar refractivity (Wildman–Crippen MR) is 116 cm³/mol. The molecule has 1 aliphatic rings. The highest BCUT2D eigenvalue weighted by molar-refractivity contribution is 6.46. The van der Waals surface area contributed by atoms with Crippen LogP contribution >= 0.6 is 0 Å². The van der Waals surface area contributed by atoms with Crippen LogP contribution in [0, 0.1) is 0 Å². The number of nitrogens with zero attached hydrogens (tertiary/aromatic N) is 1. The second kappa shape index (κ2) is 9.95. The van der Waals surface area contributed by atoms with Crippen molar-refractivity contribution in [2.75, 3.05) is 34.0 Å². The lowest BCUT2D eigenvalue weighted by Crippen LogP contribution is -2.32. The molecule has 0 saturated carbocycles. The van der Waals surface area contributed by atoms with Gasteiger partial charge in [-0.1, -0.05) is 24.8 Å². The molecule has 0 aromatic heterocycles. The standard InChI is InChI=1S/C24H25NO6/c1-4-14-31-19-11-7-17(8-12-19)22(26)20-21(16-5-9-18(30-3)10-6-16)25(13-15-29-2)24(28)23(20)27/h4-12,21,26H,1,13-15H2,2-3H3. The Morgan fingerprint density at radius 3 is 2.29 bits per heavy atom. The summed E-state index contributed by atoms with van der Waals surface area (Å²) < 4.78 is 15.8. The number of benzene rings is 2. The number of aliphatic hydroxyl groups excluding tert-OH is 1. The molecule has 0 aliphatic carbocycles. The molecule has 31 heavy (non-hydrogen) atoms. The minimum absolute atomic E-state index is 0.0334. The SMILES string of the molecule is C=CCOc1ccc(C(O)=C2C(=O)C(=O)N(CCOC)C2c2ccc(OC)cc2)cc1. The molecule has 1 saturated heterocycles. The van der Waals surface area contributed by atoms with Crippen molar-refractivity contribution in [2.24, 2.45) is 0 Å². The molecule has 1 heterocycles. The number of methoxy groups -OCH3 is 2. The van der Waals surface area contributed by atoms with E-state index in [1.807, 2.05) is 0 Å². The zero-order chi connectivity index (χ0) is 22.4.